The van der Waals surface area contributed by atoms with Gasteiger partial charge in [-0.15, -0.1) is 11.3 Å². The SMILES string of the molecule is COC(=O)c1sc(Br)c(F)c1Br. The maximum Gasteiger partial charge on any atom is 0.349 e. The van der Waals surface area contributed by atoms with Gasteiger partial charge in [0.25, 0.3) is 0 Å². The van der Waals surface area contributed by atoms with Gasteiger partial charge in [-0.25, -0.2) is 9.18 Å². The molecule has 0 saturated carbocycles. The van der Waals surface area contributed by atoms with Gasteiger partial charge in [-0.05, 0) is 31.9 Å². The molecule has 0 spiro atoms. The predicted molar refractivity (Wildman–Crippen MR) is 51.0 cm³/mol. The molecule has 0 saturated heterocycles. The van der Waals surface area contributed by atoms with Crippen molar-refractivity contribution in [3.05, 3.63) is 19.0 Å². The van der Waals surface area contributed by atoms with Crippen LogP contribution in [0.3, 0.4) is 0 Å². The van der Waals surface area contributed by atoms with Crippen LogP contribution in [0.15, 0.2) is 8.26 Å². The minimum absolute atomic E-state index is 0.145. The van der Waals surface area contributed by atoms with Crippen LogP contribution < -0.4 is 0 Å². The van der Waals surface area contributed by atoms with Gasteiger partial charge in [0.2, 0.25) is 0 Å². The molecule has 0 unspecified atom stereocenters. The van der Waals surface area contributed by atoms with E-state index in [1.807, 2.05) is 0 Å². The van der Waals surface area contributed by atoms with Gasteiger partial charge in [-0.3, -0.25) is 0 Å². The van der Waals surface area contributed by atoms with E-state index in [4.69, 9.17) is 0 Å². The molecule has 1 aromatic rings. The molecule has 66 valence electrons. The van der Waals surface area contributed by atoms with Crippen molar-refractivity contribution >= 4 is 49.2 Å². The normalized spacial score (nSPS) is 10.0. The van der Waals surface area contributed by atoms with Crippen molar-refractivity contribution in [3.8, 4) is 0 Å². The number of carbonyl (C=O) groups excluding carboxylic acids is 1. The van der Waals surface area contributed by atoms with Crippen molar-refractivity contribution in [3.63, 3.8) is 0 Å². The first kappa shape index (κ1) is 10.1. The topological polar surface area (TPSA) is 26.3 Å². The van der Waals surface area contributed by atoms with Gasteiger partial charge in [-0.2, -0.15) is 0 Å². The number of rotatable bonds is 1. The molecule has 0 atom stereocenters. The summed E-state index contributed by atoms with van der Waals surface area (Å²) in [7, 11) is 1.25. The first-order valence-electron chi connectivity index (χ1n) is 2.79. The summed E-state index contributed by atoms with van der Waals surface area (Å²) in [5.41, 5.74) is 0. The molecular weight excluding hydrogens is 315 g/mol. The van der Waals surface area contributed by atoms with Gasteiger partial charge < -0.3 is 4.74 Å². The van der Waals surface area contributed by atoms with Crippen LogP contribution in [0.25, 0.3) is 0 Å². The Balaban J connectivity index is 3.17. The lowest BCUT2D eigenvalue weighted by Gasteiger charge is -1.93. The Hall–Kier alpha value is 0.0600. The van der Waals surface area contributed by atoms with Crippen LogP contribution in [0.1, 0.15) is 9.67 Å². The molecule has 0 aliphatic carbocycles. The minimum atomic E-state index is -0.545. The van der Waals surface area contributed by atoms with E-state index in [1.165, 1.54) is 7.11 Å². The summed E-state index contributed by atoms with van der Waals surface area (Å²) in [6.07, 6.45) is 0. The number of hydrogen-bond acceptors (Lipinski definition) is 3. The maximum absolute atomic E-state index is 13.0. The summed E-state index contributed by atoms with van der Waals surface area (Å²) < 4.78 is 17.8. The van der Waals surface area contributed by atoms with E-state index in [2.05, 4.69) is 36.6 Å². The quantitative estimate of drug-likeness (QED) is 0.744. The molecule has 0 amide bonds. The molecule has 0 aromatic carbocycles. The zero-order valence-corrected chi connectivity index (χ0v) is 9.85. The molecule has 12 heavy (non-hydrogen) atoms. The molecule has 0 radical (unpaired) electrons. The number of hydrogen-bond donors (Lipinski definition) is 0. The Kier molecular flexibility index (Phi) is 3.25. The summed E-state index contributed by atoms with van der Waals surface area (Å²) in [5, 5.41) is 0. The Morgan fingerprint density at radius 2 is 2.17 bits per heavy atom. The molecule has 2 nitrogen and oxygen atoms in total. The summed E-state index contributed by atoms with van der Waals surface area (Å²) in [6.45, 7) is 0. The summed E-state index contributed by atoms with van der Waals surface area (Å²) >= 11 is 6.91. The zero-order valence-electron chi connectivity index (χ0n) is 5.86. The lowest BCUT2D eigenvalue weighted by atomic mass is 10.5. The maximum atomic E-state index is 13.0. The number of thiophene rings is 1. The third kappa shape index (κ3) is 1.70. The Morgan fingerprint density at radius 1 is 1.58 bits per heavy atom. The largest absolute Gasteiger partial charge is 0.465 e. The number of ether oxygens (including phenoxy) is 1. The lowest BCUT2D eigenvalue weighted by molar-refractivity contribution is 0.0605. The molecule has 0 fully saturated rings. The average molecular weight is 318 g/mol. The van der Waals surface area contributed by atoms with Crippen molar-refractivity contribution in [2.45, 2.75) is 0 Å². The average Bonchev–Trinajstić information content (AvgIpc) is 2.32. The van der Waals surface area contributed by atoms with Gasteiger partial charge in [0.05, 0.1) is 11.6 Å². The van der Waals surface area contributed by atoms with Crippen molar-refractivity contribution in [2.75, 3.05) is 7.11 Å². The third-order valence-corrected chi connectivity index (χ3v) is 3.90. The first-order valence-corrected chi connectivity index (χ1v) is 5.19. The van der Waals surface area contributed by atoms with E-state index in [1.54, 1.807) is 0 Å². The molecular formula is C6H3Br2FO2S. The van der Waals surface area contributed by atoms with Crippen LogP contribution in [0.4, 0.5) is 4.39 Å². The fourth-order valence-corrected chi connectivity index (χ4v) is 2.99. The third-order valence-electron chi connectivity index (χ3n) is 1.13. The number of carbonyl (C=O) groups is 1. The first-order chi connectivity index (χ1) is 5.57. The molecule has 1 heterocycles. The van der Waals surface area contributed by atoms with E-state index in [0.717, 1.165) is 11.3 Å². The highest BCUT2D eigenvalue weighted by atomic mass is 79.9. The highest BCUT2D eigenvalue weighted by Gasteiger charge is 2.20. The van der Waals surface area contributed by atoms with Gasteiger partial charge >= 0.3 is 5.97 Å². The highest BCUT2D eigenvalue weighted by molar-refractivity contribution is 9.11. The van der Waals surface area contributed by atoms with Crippen LogP contribution in [-0.2, 0) is 4.74 Å². The Morgan fingerprint density at radius 3 is 2.50 bits per heavy atom. The second kappa shape index (κ2) is 3.85. The fourth-order valence-electron chi connectivity index (χ4n) is 0.589. The van der Waals surface area contributed by atoms with Crippen molar-refractivity contribution in [1.82, 2.24) is 0 Å². The van der Waals surface area contributed by atoms with Crippen LogP contribution in [0.2, 0.25) is 0 Å². The van der Waals surface area contributed by atoms with Crippen LogP contribution in [-0.4, -0.2) is 13.1 Å². The Labute approximate surface area is 89.0 Å². The van der Waals surface area contributed by atoms with E-state index in [0.29, 0.717) is 0 Å². The van der Waals surface area contributed by atoms with E-state index in [-0.39, 0.29) is 13.1 Å². The summed E-state index contributed by atoms with van der Waals surface area (Å²) in [4.78, 5) is 11.2. The second-order valence-corrected chi connectivity index (χ2v) is 4.96. The number of methoxy groups -OCH3 is 1. The van der Waals surface area contributed by atoms with Gasteiger partial charge in [0.15, 0.2) is 5.82 Å². The molecule has 1 aromatic heterocycles. The highest BCUT2D eigenvalue weighted by Crippen LogP contribution is 2.35. The molecule has 0 bridgehead atoms. The number of esters is 1. The zero-order chi connectivity index (χ0) is 9.30. The Bertz CT molecular complexity index is 324. The van der Waals surface area contributed by atoms with E-state index >= 15 is 0 Å². The molecule has 0 N–H and O–H groups in total. The summed E-state index contributed by atoms with van der Waals surface area (Å²) in [6, 6.07) is 0. The molecule has 0 aliphatic heterocycles. The van der Waals surface area contributed by atoms with Gasteiger partial charge in [0, 0.05) is 0 Å². The lowest BCUT2D eigenvalue weighted by Crippen LogP contribution is -1.98. The van der Waals surface area contributed by atoms with Crippen molar-refractivity contribution < 1.29 is 13.9 Å². The predicted octanol–water partition coefficient (Wildman–Crippen LogP) is 3.20. The smallest absolute Gasteiger partial charge is 0.349 e. The van der Waals surface area contributed by atoms with E-state index < -0.39 is 11.8 Å². The number of halogens is 3. The standard InChI is InChI=1S/C6H3Br2FO2S/c1-11-6(10)4-2(7)3(9)5(8)12-4/h1H3. The molecule has 0 aliphatic rings. The monoisotopic (exact) mass is 316 g/mol. The van der Waals surface area contributed by atoms with Crippen molar-refractivity contribution in [2.24, 2.45) is 0 Å². The van der Waals surface area contributed by atoms with Crippen LogP contribution in [0.5, 0.6) is 0 Å². The molecule has 1 rings (SSSR count). The van der Waals surface area contributed by atoms with Gasteiger partial charge in [0.1, 0.15) is 8.66 Å². The van der Waals surface area contributed by atoms with Crippen LogP contribution in [0, 0.1) is 5.82 Å². The fraction of sp³-hybridized carbons (Fsp3) is 0.167. The second-order valence-electron chi connectivity index (χ2n) is 1.82. The summed E-state index contributed by atoms with van der Waals surface area (Å²) in [5.74, 6) is -1.02. The van der Waals surface area contributed by atoms with E-state index in [9.17, 15) is 9.18 Å². The van der Waals surface area contributed by atoms with Crippen molar-refractivity contribution in [1.29, 1.82) is 0 Å². The minimum Gasteiger partial charge on any atom is -0.465 e. The molecule has 6 heteroatoms. The van der Waals surface area contributed by atoms with Crippen LogP contribution >= 0.6 is 43.2 Å². The van der Waals surface area contributed by atoms with Gasteiger partial charge in [-0.1, -0.05) is 0 Å².